The highest BCUT2D eigenvalue weighted by molar-refractivity contribution is 5.49. The van der Waals surface area contributed by atoms with Crippen molar-refractivity contribution >= 4 is 0 Å². The molecule has 0 radical (unpaired) electrons. The smallest absolute Gasteiger partial charge is 0.161 e. The molecule has 0 saturated heterocycles. The molecule has 0 amide bonds. The Hall–Kier alpha value is -1.22. The molecule has 1 unspecified atom stereocenters. The highest BCUT2D eigenvalue weighted by Gasteiger charge is 2.22. The van der Waals surface area contributed by atoms with Gasteiger partial charge in [0.05, 0.1) is 13.2 Å². The molecule has 1 atom stereocenters. The molecular weight excluding hydrogens is 250 g/mol. The molecule has 0 spiro atoms. The van der Waals surface area contributed by atoms with Crippen molar-refractivity contribution in [3.8, 4) is 11.5 Å². The van der Waals surface area contributed by atoms with Gasteiger partial charge in [-0.1, -0.05) is 13.3 Å². The van der Waals surface area contributed by atoms with Crippen molar-refractivity contribution in [2.24, 2.45) is 0 Å². The molecule has 1 aliphatic carbocycles. The number of hydrogen-bond donors (Lipinski definition) is 1. The number of hydrogen-bond acceptors (Lipinski definition) is 3. The number of fused-ring (bicyclic) bond motifs is 2. The number of ether oxygens (including phenoxy) is 2. The van der Waals surface area contributed by atoms with Gasteiger partial charge in [-0.2, -0.15) is 0 Å². The maximum atomic E-state index is 5.86. The lowest BCUT2D eigenvalue weighted by atomic mass is 9.98. The first kappa shape index (κ1) is 13.7. The largest absolute Gasteiger partial charge is 0.490 e. The van der Waals surface area contributed by atoms with Gasteiger partial charge in [-0.25, -0.2) is 0 Å². The van der Waals surface area contributed by atoms with Crippen LogP contribution in [0.5, 0.6) is 11.5 Å². The van der Waals surface area contributed by atoms with Crippen LogP contribution in [0.1, 0.15) is 56.2 Å². The lowest BCUT2D eigenvalue weighted by Crippen LogP contribution is -2.22. The Morgan fingerprint density at radius 3 is 2.70 bits per heavy atom. The lowest BCUT2D eigenvalue weighted by molar-refractivity contribution is 0.296. The van der Waals surface area contributed by atoms with Crippen molar-refractivity contribution in [3.63, 3.8) is 0 Å². The van der Waals surface area contributed by atoms with E-state index in [1.807, 2.05) is 0 Å². The zero-order valence-electron chi connectivity index (χ0n) is 12.4. The Morgan fingerprint density at radius 2 is 1.90 bits per heavy atom. The lowest BCUT2D eigenvalue weighted by Gasteiger charge is -2.21. The van der Waals surface area contributed by atoms with Crippen LogP contribution in [0.25, 0.3) is 0 Å². The molecule has 3 nitrogen and oxygen atoms in total. The molecule has 3 heteroatoms. The van der Waals surface area contributed by atoms with Crippen molar-refractivity contribution in [3.05, 3.63) is 23.3 Å². The van der Waals surface area contributed by atoms with Crippen LogP contribution in [0.15, 0.2) is 12.1 Å². The van der Waals surface area contributed by atoms with Crippen molar-refractivity contribution < 1.29 is 9.47 Å². The summed E-state index contributed by atoms with van der Waals surface area (Å²) >= 11 is 0. The number of benzene rings is 1. The van der Waals surface area contributed by atoms with Gasteiger partial charge >= 0.3 is 0 Å². The summed E-state index contributed by atoms with van der Waals surface area (Å²) in [6.45, 7) is 4.83. The first-order valence-electron chi connectivity index (χ1n) is 8.04. The molecule has 1 heterocycles. The van der Waals surface area contributed by atoms with Crippen molar-refractivity contribution in [1.82, 2.24) is 5.32 Å². The van der Waals surface area contributed by atoms with Gasteiger partial charge in [0.2, 0.25) is 0 Å². The van der Waals surface area contributed by atoms with E-state index in [-0.39, 0.29) is 0 Å². The topological polar surface area (TPSA) is 30.5 Å². The van der Waals surface area contributed by atoms with E-state index in [1.165, 1.54) is 36.8 Å². The first-order valence-corrected chi connectivity index (χ1v) is 8.04. The Bertz CT molecular complexity index is 459. The highest BCUT2D eigenvalue weighted by atomic mass is 16.5. The molecule has 1 aromatic carbocycles. The minimum Gasteiger partial charge on any atom is -0.490 e. The minimum atomic E-state index is 0.476. The Kier molecular flexibility index (Phi) is 4.46. The number of aryl methyl sites for hydroxylation is 1. The fourth-order valence-electron chi connectivity index (χ4n) is 3.16. The van der Waals surface area contributed by atoms with E-state index in [9.17, 15) is 0 Å². The van der Waals surface area contributed by atoms with Crippen LogP contribution >= 0.6 is 0 Å². The second-order valence-electron chi connectivity index (χ2n) is 5.80. The molecule has 20 heavy (non-hydrogen) atoms. The van der Waals surface area contributed by atoms with Crippen LogP contribution < -0.4 is 14.8 Å². The summed E-state index contributed by atoms with van der Waals surface area (Å²) in [5, 5.41) is 3.69. The predicted molar refractivity (Wildman–Crippen MR) is 80.6 cm³/mol. The van der Waals surface area contributed by atoms with Gasteiger partial charge in [0.15, 0.2) is 11.5 Å². The summed E-state index contributed by atoms with van der Waals surface area (Å²) in [6.07, 6.45) is 7.11. The van der Waals surface area contributed by atoms with E-state index in [2.05, 4.69) is 24.4 Å². The van der Waals surface area contributed by atoms with Gasteiger partial charge in [0, 0.05) is 12.5 Å². The van der Waals surface area contributed by atoms with Crippen molar-refractivity contribution in [2.45, 2.75) is 51.5 Å². The van der Waals surface area contributed by atoms with Crippen LogP contribution in [0.2, 0.25) is 0 Å². The van der Waals surface area contributed by atoms with Crippen LogP contribution in [-0.4, -0.2) is 19.8 Å². The van der Waals surface area contributed by atoms with Gasteiger partial charge in [0.1, 0.15) is 0 Å². The van der Waals surface area contributed by atoms with Crippen LogP contribution in [0.3, 0.4) is 0 Å². The Balaban J connectivity index is 1.93. The monoisotopic (exact) mass is 275 g/mol. The fraction of sp³-hybridized carbons (Fsp3) is 0.647. The summed E-state index contributed by atoms with van der Waals surface area (Å²) in [6, 6.07) is 4.93. The molecule has 3 rings (SSSR count). The molecule has 2 aliphatic rings. The van der Waals surface area contributed by atoms with Gasteiger partial charge in [-0.3, -0.25) is 0 Å². The van der Waals surface area contributed by atoms with Gasteiger partial charge in [-0.05, 0) is 55.5 Å². The van der Waals surface area contributed by atoms with Gasteiger partial charge in [-0.15, -0.1) is 0 Å². The van der Waals surface area contributed by atoms with E-state index in [4.69, 9.17) is 9.47 Å². The van der Waals surface area contributed by atoms with Crippen molar-refractivity contribution in [2.75, 3.05) is 19.8 Å². The molecule has 0 aromatic heterocycles. The molecule has 0 fully saturated rings. The second-order valence-corrected chi connectivity index (χ2v) is 5.80. The minimum absolute atomic E-state index is 0.476. The third-order valence-electron chi connectivity index (χ3n) is 4.21. The molecule has 1 N–H and O–H groups in total. The summed E-state index contributed by atoms with van der Waals surface area (Å²) in [5.41, 5.74) is 2.88. The number of rotatable bonds is 3. The average molecular weight is 275 g/mol. The maximum absolute atomic E-state index is 5.86. The summed E-state index contributed by atoms with van der Waals surface area (Å²) in [5.74, 6) is 1.88. The Labute approximate surface area is 121 Å². The van der Waals surface area contributed by atoms with E-state index < -0.39 is 0 Å². The number of nitrogens with one attached hydrogen (secondary N) is 1. The summed E-state index contributed by atoms with van der Waals surface area (Å²) in [7, 11) is 0. The fourth-order valence-corrected chi connectivity index (χ4v) is 3.16. The summed E-state index contributed by atoms with van der Waals surface area (Å²) in [4.78, 5) is 0. The third-order valence-corrected chi connectivity index (χ3v) is 4.21. The van der Waals surface area contributed by atoms with Gasteiger partial charge in [0.25, 0.3) is 0 Å². The SMILES string of the molecule is CCCNC1CCCCc2cc3c(cc21)OCCCO3. The van der Waals surface area contributed by atoms with Gasteiger partial charge < -0.3 is 14.8 Å². The normalized spacial score (nSPS) is 21.8. The zero-order valence-corrected chi connectivity index (χ0v) is 12.4. The maximum Gasteiger partial charge on any atom is 0.161 e. The highest BCUT2D eigenvalue weighted by Crippen LogP contribution is 2.38. The second kappa shape index (κ2) is 6.49. The Morgan fingerprint density at radius 1 is 1.10 bits per heavy atom. The summed E-state index contributed by atoms with van der Waals surface area (Å²) < 4.78 is 11.7. The van der Waals surface area contributed by atoms with Crippen LogP contribution in [0.4, 0.5) is 0 Å². The quantitative estimate of drug-likeness (QED) is 0.855. The predicted octanol–water partition coefficient (Wildman–Crippen LogP) is 3.62. The molecule has 0 saturated carbocycles. The third kappa shape index (κ3) is 2.93. The molecule has 1 aliphatic heterocycles. The van der Waals surface area contributed by atoms with E-state index in [0.29, 0.717) is 6.04 Å². The standard InChI is InChI=1S/C17H25NO2/c1-2-8-18-15-7-4-3-6-13-11-16-17(12-14(13)15)20-10-5-9-19-16/h11-12,15,18H,2-10H2,1H3. The van der Waals surface area contributed by atoms with E-state index >= 15 is 0 Å². The molecule has 110 valence electrons. The molecule has 1 aromatic rings. The van der Waals surface area contributed by atoms with Crippen molar-refractivity contribution in [1.29, 1.82) is 0 Å². The van der Waals surface area contributed by atoms with Crippen LogP contribution in [0, 0.1) is 0 Å². The van der Waals surface area contributed by atoms with E-state index in [0.717, 1.165) is 44.1 Å². The van der Waals surface area contributed by atoms with Crippen LogP contribution in [-0.2, 0) is 6.42 Å². The molecular formula is C17H25NO2. The van der Waals surface area contributed by atoms with E-state index in [1.54, 1.807) is 0 Å². The zero-order chi connectivity index (χ0) is 13.8. The average Bonchev–Trinajstić information content (AvgIpc) is 2.80. The first-order chi connectivity index (χ1) is 9.88. The molecule has 0 bridgehead atoms.